The molecule has 2 aromatic carbocycles. The third-order valence-corrected chi connectivity index (χ3v) is 4.02. The van der Waals surface area contributed by atoms with Gasteiger partial charge in [0.05, 0.1) is 13.0 Å². The third kappa shape index (κ3) is 6.07. The van der Waals surface area contributed by atoms with Crippen molar-refractivity contribution in [1.29, 1.82) is 0 Å². The van der Waals surface area contributed by atoms with Gasteiger partial charge in [0.15, 0.2) is 0 Å². The van der Waals surface area contributed by atoms with E-state index in [4.69, 9.17) is 4.74 Å². The zero-order chi connectivity index (χ0) is 17.2. The third-order valence-electron chi connectivity index (χ3n) is 4.02. The van der Waals surface area contributed by atoms with E-state index in [1.165, 1.54) is 19.3 Å². The number of nitrogens with one attached hydrogen (secondary N) is 1. The first kappa shape index (κ1) is 18.1. The molecule has 0 bridgehead atoms. The Morgan fingerprint density at radius 2 is 1.75 bits per heavy atom. The highest BCUT2D eigenvalue weighted by Crippen LogP contribution is 2.17. The van der Waals surface area contributed by atoms with Crippen LogP contribution in [0, 0.1) is 6.92 Å². The molecular formula is C21H27NO2. The molecule has 0 saturated heterocycles. The van der Waals surface area contributed by atoms with Crippen molar-refractivity contribution in [3.63, 3.8) is 0 Å². The first-order valence-corrected chi connectivity index (χ1v) is 8.76. The van der Waals surface area contributed by atoms with Gasteiger partial charge in [0, 0.05) is 5.69 Å². The van der Waals surface area contributed by atoms with Crippen LogP contribution in [-0.4, -0.2) is 12.5 Å². The van der Waals surface area contributed by atoms with Crippen LogP contribution in [0.5, 0.6) is 5.75 Å². The minimum absolute atomic E-state index is 0.00228. The van der Waals surface area contributed by atoms with Crippen LogP contribution in [0.1, 0.15) is 43.7 Å². The molecule has 0 heterocycles. The summed E-state index contributed by atoms with van der Waals surface area (Å²) in [5.41, 5.74) is 2.99. The molecule has 24 heavy (non-hydrogen) atoms. The van der Waals surface area contributed by atoms with Crippen molar-refractivity contribution >= 4 is 11.6 Å². The summed E-state index contributed by atoms with van der Waals surface area (Å²) in [7, 11) is 0. The van der Waals surface area contributed by atoms with Gasteiger partial charge in [0.1, 0.15) is 5.75 Å². The Morgan fingerprint density at radius 1 is 1.00 bits per heavy atom. The van der Waals surface area contributed by atoms with Crippen LogP contribution in [-0.2, 0) is 11.2 Å². The van der Waals surface area contributed by atoms with E-state index in [1.54, 1.807) is 0 Å². The van der Waals surface area contributed by atoms with E-state index in [1.807, 2.05) is 55.5 Å². The summed E-state index contributed by atoms with van der Waals surface area (Å²) in [5.74, 6) is 0.848. The summed E-state index contributed by atoms with van der Waals surface area (Å²) in [4.78, 5) is 12.1. The zero-order valence-electron chi connectivity index (χ0n) is 14.7. The predicted molar refractivity (Wildman–Crippen MR) is 99.6 cm³/mol. The number of hydrogen-bond acceptors (Lipinski definition) is 2. The number of benzene rings is 2. The molecule has 1 amide bonds. The lowest BCUT2D eigenvalue weighted by Gasteiger charge is -2.09. The largest absolute Gasteiger partial charge is 0.494 e. The average Bonchev–Trinajstić information content (AvgIpc) is 2.58. The topological polar surface area (TPSA) is 38.3 Å². The Bertz CT molecular complexity index is 635. The molecule has 0 saturated carbocycles. The van der Waals surface area contributed by atoms with Crippen molar-refractivity contribution in [3.8, 4) is 5.75 Å². The molecule has 2 rings (SSSR count). The Kier molecular flexibility index (Phi) is 7.34. The Hall–Kier alpha value is -2.29. The van der Waals surface area contributed by atoms with Crippen molar-refractivity contribution in [2.75, 3.05) is 11.9 Å². The van der Waals surface area contributed by atoms with Gasteiger partial charge in [-0.3, -0.25) is 4.79 Å². The molecule has 3 nitrogen and oxygen atoms in total. The maximum absolute atomic E-state index is 12.1. The second-order valence-electron chi connectivity index (χ2n) is 6.08. The number of amides is 1. The van der Waals surface area contributed by atoms with E-state index in [2.05, 4.69) is 12.2 Å². The molecule has 0 fully saturated rings. The molecule has 0 aliphatic carbocycles. The van der Waals surface area contributed by atoms with Crippen molar-refractivity contribution in [3.05, 3.63) is 59.7 Å². The van der Waals surface area contributed by atoms with Crippen molar-refractivity contribution in [2.24, 2.45) is 0 Å². The number of hydrogen-bond donors (Lipinski definition) is 1. The summed E-state index contributed by atoms with van der Waals surface area (Å²) in [5, 5.41) is 2.93. The smallest absolute Gasteiger partial charge is 0.228 e. The van der Waals surface area contributed by atoms with Gasteiger partial charge in [0.25, 0.3) is 0 Å². The zero-order valence-corrected chi connectivity index (χ0v) is 14.7. The highest BCUT2D eigenvalue weighted by molar-refractivity contribution is 5.92. The summed E-state index contributed by atoms with van der Waals surface area (Å²) < 4.78 is 5.71. The SMILES string of the molecule is CCCCCCOc1ccc(NC(=O)Cc2ccccc2C)cc1. The van der Waals surface area contributed by atoms with Crippen LogP contribution >= 0.6 is 0 Å². The number of anilines is 1. The number of carbonyl (C=O) groups is 1. The van der Waals surface area contributed by atoms with Gasteiger partial charge >= 0.3 is 0 Å². The Balaban J connectivity index is 1.78. The molecule has 0 aliphatic heterocycles. The highest BCUT2D eigenvalue weighted by Gasteiger charge is 2.06. The number of rotatable bonds is 9. The monoisotopic (exact) mass is 325 g/mol. The summed E-state index contributed by atoms with van der Waals surface area (Å²) >= 11 is 0. The van der Waals surface area contributed by atoms with Gasteiger partial charge in [-0.1, -0.05) is 50.5 Å². The molecule has 0 aliphatic rings. The van der Waals surface area contributed by atoms with Crippen LogP contribution < -0.4 is 10.1 Å². The van der Waals surface area contributed by atoms with Crippen molar-refractivity contribution in [1.82, 2.24) is 0 Å². The number of aryl methyl sites for hydroxylation is 1. The molecular weight excluding hydrogens is 298 g/mol. The first-order chi connectivity index (χ1) is 11.7. The van der Waals surface area contributed by atoms with Gasteiger partial charge in [0.2, 0.25) is 5.91 Å². The molecule has 1 N–H and O–H groups in total. The fraction of sp³-hybridized carbons (Fsp3) is 0.381. The van der Waals surface area contributed by atoms with E-state index in [9.17, 15) is 4.79 Å². The highest BCUT2D eigenvalue weighted by atomic mass is 16.5. The van der Waals surface area contributed by atoms with E-state index < -0.39 is 0 Å². The van der Waals surface area contributed by atoms with Crippen LogP contribution in [0.15, 0.2) is 48.5 Å². The summed E-state index contributed by atoms with van der Waals surface area (Å²) in [6.45, 7) is 4.97. The predicted octanol–water partition coefficient (Wildman–Crippen LogP) is 5.14. The number of unbranched alkanes of at least 4 members (excludes halogenated alkanes) is 3. The van der Waals surface area contributed by atoms with Crippen molar-refractivity contribution in [2.45, 2.75) is 46.0 Å². The summed E-state index contributed by atoms with van der Waals surface area (Å²) in [6.07, 6.45) is 5.18. The van der Waals surface area contributed by atoms with E-state index in [-0.39, 0.29) is 5.91 Å². The van der Waals surface area contributed by atoms with Gasteiger partial charge < -0.3 is 10.1 Å². The van der Waals surface area contributed by atoms with Gasteiger partial charge in [-0.15, -0.1) is 0 Å². The van der Waals surface area contributed by atoms with E-state index >= 15 is 0 Å². The average molecular weight is 325 g/mol. The fourth-order valence-electron chi connectivity index (χ4n) is 2.54. The molecule has 128 valence electrons. The standard InChI is InChI=1S/C21H27NO2/c1-3-4-5-8-15-24-20-13-11-19(12-14-20)22-21(23)16-18-10-7-6-9-17(18)2/h6-7,9-14H,3-5,8,15-16H2,1-2H3,(H,22,23). The Morgan fingerprint density at radius 3 is 2.46 bits per heavy atom. The molecule has 3 heteroatoms. The minimum atomic E-state index is -0.00228. The van der Waals surface area contributed by atoms with Crippen molar-refractivity contribution < 1.29 is 9.53 Å². The van der Waals surface area contributed by atoms with Crippen LogP contribution in [0.3, 0.4) is 0 Å². The maximum atomic E-state index is 12.1. The molecule has 0 atom stereocenters. The van der Waals surface area contributed by atoms with Crippen LogP contribution in [0.25, 0.3) is 0 Å². The first-order valence-electron chi connectivity index (χ1n) is 8.76. The lowest BCUT2D eigenvalue weighted by Crippen LogP contribution is -2.14. The second kappa shape index (κ2) is 9.76. The lowest BCUT2D eigenvalue weighted by molar-refractivity contribution is -0.115. The van der Waals surface area contributed by atoms with E-state index in [0.717, 1.165) is 35.6 Å². The normalized spacial score (nSPS) is 10.4. The van der Waals surface area contributed by atoms with Crippen LogP contribution in [0.4, 0.5) is 5.69 Å². The molecule has 0 spiro atoms. The van der Waals surface area contributed by atoms with E-state index in [0.29, 0.717) is 6.42 Å². The quantitative estimate of drug-likeness (QED) is 0.649. The number of ether oxygens (including phenoxy) is 1. The lowest BCUT2D eigenvalue weighted by atomic mass is 10.1. The van der Waals surface area contributed by atoms with Gasteiger partial charge in [-0.2, -0.15) is 0 Å². The van der Waals surface area contributed by atoms with Gasteiger partial charge in [-0.25, -0.2) is 0 Å². The van der Waals surface area contributed by atoms with Crippen LogP contribution in [0.2, 0.25) is 0 Å². The minimum Gasteiger partial charge on any atom is -0.494 e. The molecule has 0 unspecified atom stereocenters. The number of carbonyl (C=O) groups excluding carboxylic acids is 1. The second-order valence-corrected chi connectivity index (χ2v) is 6.08. The molecule has 2 aromatic rings. The fourth-order valence-corrected chi connectivity index (χ4v) is 2.54. The molecule has 0 radical (unpaired) electrons. The Labute approximate surface area is 145 Å². The molecule has 0 aromatic heterocycles. The van der Waals surface area contributed by atoms with Gasteiger partial charge in [-0.05, 0) is 48.7 Å². The summed E-state index contributed by atoms with van der Waals surface area (Å²) in [6, 6.07) is 15.5. The maximum Gasteiger partial charge on any atom is 0.228 e.